The van der Waals surface area contributed by atoms with E-state index < -0.39 is 40.5 Å². The lowest BCUT2D eigenvalue weighted by molar-refractivity contribution is -0.0707. The molecule has 178 valence electrons. The number of carbonyl (C=O) groups is 1. The number of likely N-dealkylation sites (tertiary alicyclic amines) is 1. The number of hydrogen-bond acceptors (Lipinski definition) is 5. The van der Waals surface area contributed by atoms with Crippen LogP contribution in [0.4, 0.5) is 34.6 Å². The number of phenolic OH excluding ortho intramolecular Hbond substituents is 1. The monoisotopic (exact) mass is 475 g/mol. The van der Waals surface area contributed by atoms with E-state index in [0.717, 1.165) is 18.2 Å². The van der Waals surface area contributed by atoms with Crippen molar-refractivity contribution >= 4 is 23.0 Å². The minimum absolute atomic E-state index is 0.0585. The number of anilines is 3. The summed E-state index contributed by atoms with van der Waals surface area (Å²) in [6.07, 6.45) is 0. The molecule has 3 aromatic rings. The summed E-state index contributed by atoms with van der Waals surface area (Å²) in [4.78, 5) is 14.2. The molecule has 1 amide bonds. The SMILES string of the molecule is Cc1ccc(Nc2c(C(=O)N3CC(O)(CNc4ccc(O)cc4F)C3)ccc(F)c2F)c(F)c1. The van der Waals surface area contributed by atoms with Gasteiger partial charge in [0.15, 0.2) is 11.6 Å². The first-order chi connectivity index (χ1) is 16.1. The van der Waals surface area contributed by atoms with E-state index in [4.69, 9.17) is 0 Å². The molecular formula is C24H21F4N3O3. The summed E-state index contributed by atoms with van der Waals surface area (Å²) in [6.45, 7) is 1.25. The van der Waals surface area contributed by atoms with Crippen molar-refractivity contribution in [1.29, 1.82) is 0 Å². The Morgan fingerprint density at radius 2 is 1.65 bits per heavy atom. The van der Waals surface area contributed by atoms with Crippen molar-refractivity contribution in [3.05, 3.63) is 82.9 Å². The Morgan fingerprint density at radius 3 is 2.32 bits per heavy atom. The smallest absolute Gasteiger partial charge is 0.256 e. The first kappa shape index (κ1) is 23.4. The summed E-state index contributed by atoms with van der Waals surface area (Å²) in [5.41, 5.74) is -1.60. The van der Waals surface area contributed by atoms with E-state index in [1.165, 1.54) is 29.2 Å². The van der Waals surface area contributed by atoms with E-state index >= 15 is 0 Å². The number of amides is 1. The number of β-amino-alcohol motifs (C(OH)–C–C–N with tert-alkyl or cyclic N) is 1. The van der Waals surface area contributed by atoms with E-state index in [1.807, 2.05) is 0 Å². The number of aliphatic hydroxyl groups is 1. The molecule has 0 unspecified atom stereocenters. The second kappa shape index (κ2) is 8.86. The van der Waals surface area contributed by atoms with Crippen LogP contribution in [0.3, 0.4) is 0 Å². The minimum Gasteiger partial charge on any atom is -0.508 e. The molecule has 1 heterocycles. The second-order valence-corrected chi connectivity index (χ2v) is 8.30. The van der Waals surface area contributed by atoms with Crippen LogP contribution < -0.4 is 10.6 Å². The molecule has 1 aliphatic rings. The minimum atomic E-state index is -1.39. The van der Waals surface area contributed by atoms with Crippen LogP contribution in [0.5, 0.6) is 5.75 Å². The molecule has 0 saturated carbocycles. The normalized spacial score (nSPS) is 14.5. The van der Waals surface area contributed by atoms with Crippen LogP contribution in [0, 0.1) is 30.2 Å². The molecule has 0 aliphatic carbocycles. The molecule has 0 aromatic heterocycles. The fourth-order valence-corrected chi connectivity index (χ4v) is 3.70. The van der Waals surface area contributed by atoms with Crippen molar-refractivity contribution in [1.82, 2.24) is 4.90 Å². The highest BCUT2D eigenvalue weighted by Crippen LogP contribution is 2.32. The van der Waals surface area contributed by atoms with Crippen LogP contribution in [-0.2, 0) is 0 Å². The first-order valence-corrected chi connectivity index (χ1v) is 10.3. The molecule has 0 radical (unpaired) electrons. The average Bonchev–Trinajstić information content (AvgIpc) is 2.75. The number of hydrogen-bond donors (Lipinski definition) is 4. The highest BCUT2D eigenvalue weighted by molar-refractivity contribution is 6.01. The fourth-order valence-electron chi connectivity index (χ4n) is 3.70. The van der Waals surface area contributed by atoms with Gasteiger partial charge in [-0.05, 0) is 48.9 Å². The number of nitrogens with one attached hydrogen (secondary N) is 2. The van der Waals surface area contributed by atoms with Crippen LogP contribution in [0.15, 0.2) is 48.5 Å². The summed E-state index contributed by atoms with van der Waals surface area (Å²) < 4.78 is 56.6. The van der Waals surface area contributed by atoms with E-state index in [2.05, 4.69) is 10.6 Å². The largest absolute Gasteiger partial charge is 0.508 e. The van der Waals surface area contributed by atoms with Gasteiger partial charge in [-0.15, -0.1) is 0 Å². The van der Waals surface area contributed by atoms with Gasteiger partial charge in [-0.25, -0.2) is 17.6 Å². The standard InChI is InChI=1S/C24H21F4N3O3/c1-13-2-6-20(17(26)8-13)30-22-15(4-5-16(25)21(22)28)23(33)31-11-24(34,12-31)10-29-19-7-3-14(32)9-18(19)27/h2-9,29-30,32,34H,10-12H2,1H3. The Bertz CT molecular complexity index is 1260. The number of benzene rings is 3. The van der Waals surface area contributed by atoms with Crippen LogP contribution in [-0.4, -0.2) is 46.3 Å². The van der Waals surface area contributed by atoms with Gasteiger partial charge in [-0.2, -0.15) is 0 Å². The molecule has 0 atom stereocenters. The van der Waals surface area contributed by atoms with E-state index in [-0.39, 0.29) is 42.3 Å². The van der Waals surface area contributed by atoms with Gasteiger partial charge in [0.05, 0.1) is 35.7 Å². The quantitative estimate of drug-likeness (QED) is 0.316. The van der Waals surface area contributed by atoms with Crippen molar-refractivity contribution in [2.45, 2.75) is 12.5 Å². The Balaban J connectivity index is 1.49. The molecule has 1 saturated heterocycles. The summed E-state index contributed by atoms with van der Waals surface area (Å²) in [6, 6.07) is 9.50. The topological polar surface area (TPSA) is 84.8 Å². The molecular weight excluding hydrogens is 454 g/mol. The van der Waals surface area contributed by atoms with Crippen molar-refractivity contribution in [3.8, 4) is 5.75 Å². The van der Waals surface area contributed by atoms with Gasteiger partial charge in [-0.1, -0.05) is 6.07 Å². The van der Waals surface area contributed by atoms with Crippen molar-refractivity contribution < 1.29 is 32.6 Å². The average molecular weight is 475 g/mol. The van der Waals surface area contributed by atoms with Gasteiger partial charge < -0.3 is 25.7 Å². The molecule has 34 heavy (non-hydrogen) atoms. The van der Waals surface area contributed by atoms with Crippen molar-refractivity contribution in [2.24, 2.45) is 0 Å². The van der Waals surface area contributed by atoms with Crippen molar-refractivity contribution in [2.75, 3.05) is 30.3 Å². The molecule has 6 nitrogen and oxygen atoms in total. The highest BCUT2D eigenvalue weighted by atomic mass is 19.2. The summed E-state index contributed by atoms with van der Waals surface area (Å²) in [7, 11) is 0. The zero-order chi connectivity index (χ0) is 24.6. The predicted octanol–water partition coefficient (Wildman–Crippen LogP) is 4.30. The van der Waals surface area contributed by atoms with Gasteiger partial charge in [-0.3, -0.25) is 4.79 Å². The Labute approximate surface area is 192 Å². The van der Waals surface area contributed by atoms with E-state index in [0.29, 0.717) is 5.56 Å². The molecule has 0 bridgehead atoms. The zero-order valence-electron chi connectivity index (χ0n) is 18.0. The number of halogens is 4. The molecule has 3 aromatic carbocycles. The third-order valence-electron chi connectivity index (χ3n) is 5.53. The van der Waals surface area contributed by atoms with Gasteiger partial charge in [0, 0.05) is 12.6 Å². The molecule has 4 N–H and O–H groups in total. The van der Waals surface area contributed by atoms with E-state index in [1.54, 1.807) is 13.0 Å². The lowest BCUT2D eigenvalue weighted by Gasteiger charge is -2.46. The maximum Gasteiger partial charge on any atom is 0.256 e. The highest BCUT2D eigenvalue weighted by Gasteiger charge is 2.44. The lowest BCUT2D eigenvalue weighted by Crippen LogP contribution is -2.66. The van der Waals surface area contributed by atoms with Crippen LogP contribution in [0.1, 0.15) is 15.9 Å². The molecule has 1 aliphatic heterocycles. The van der Waals surface area contributed by atoms with Crippen LogP contribution in [0.25, 0.3) is 0 Å². The Morgan fingerprint density at radius 1 is 0.971 bits per heavy atom. The Hall–Kier alpha value is -3.79. The number of carbonyl (C=O) groups excluding carboxylic acids is 1. The maximum atomic E-state index is 14.6. The maximum absolute atomic E-state index is 14.6. The number of phenols is 1. The number of aryl methyl sites for hydroxylation is 1. The Kier molecular flexibility index (Phi) is 6.09. The molecule has 0 spiro atoms. The van der Waals surface area contributed by atoms with Gasteiger partial charge in [0.25, 0.3) is 5.91 Å². The predicted molar refractivity (Wildman–Crippen MR) is 118 cm³/mol. The van der Waals surface area contributed by atoms with Gasteiger partial charge in [0.1, 0.15) is 23.0 Å². The van der Waals surface area contributed by atoms with Crippen molar-refractivity contribution in [3.63, 3.8) is 0 Å². The third kappa shape index (κ3) is 4.62. The summed E-state index contributed by atoms with van der Waals surface area (Å²) >= 11 is 0. The molecule has 1 fully saturated rings. The molecule has 10 heteroatoms. The van der Waals surface area contributed by atoms with Gasteiger partial charge >= 0.3 is 0 Å². The van der Waals surface area contributed by atoms with Gasteiger partial charge in [0.2, 0.25) is 0 Å². The zero-order valence-corrected chi connectivity index (χ0v) is 18.0. The first-order valence-electron chi connectivity index (χ1n) is 10.3. The number of nitrogens with zero attached hydrogens (tertiary/aromatic N) is 1. The van der Waals surface area contributed by atoms with Crippen LogP contribution in [0.2, 0.25) is 0 Å². The number of aromatic hydroxyl groups is 1. The summed E-state index contributed by atoms with van der Waals surface area (Å²) in [5, 5.41) is 25.1. The second-order valence-electron chi connectivity index (χ2n) is 8.30. The molecule has 4 rings (SSSR count). The number of rotatable bonds is 6. The fraction of sp³-hybridized carbons (Fsp3) is 0.208. The lowest BCUT2D eigenvalue weighted by atomic mass is 9.92. The third-order valence-corrected chi connectivity index (χ3v) is 5.53. The summed E-state index contributed by atoms with van der Waals surface area (Å²) in [5.74, 6) is -4.92. The van der Waals surface area contributed by atoms with Crippen LogP contribution >= 0.6 is 0 Å². The van der Waals surface area contributed by atoms with E-state index in [9.17, 15) is 32.6 Å².